The molecule has 0 aliphatic heterocycles. The lowest BCUT2D eigenvalue weighted by Crippen LogP contribution is -2.05. The summed E-state index contributed by atoms with van der Waals surface area (Å²) in [4.78, 5) is 23.8. The average Bonchev–Trinajstić information content (AvgIpc) is 2.75. The van der Waals surface area contributed by atoms with Gasteiger partial charge in [0.25, 0.3) is 0 Å². The van der Waals surface area contributed by atoms with Gasteiger partial charge in [-0.05, 0) is 54.7 Å². The molecule has 0 unspecified atom stereocenters. The van der Waals surface area contributed by atoms with E-state index in [0.29, 0.717) is 22.8 Å². The Bertz CT molecular complexity index is 1160. The number of thioether (sulfide) groups is 1. The Morgan fingerprint density at radius 2 is 2.00 bits per heavy atom. The Hall–Kier alpha value is -2.44. The third kappa shape index (κ3) is 6.08. The summed E-state index contributed by atoms with van der Waals surface area (Å²) >= 11 is 7.90. The van der Waals surface area contributed by atoms with Gasteiger partial charge < -0.3 is 14.3 Å². The molecule has 2 aromatic carbocycles. The molecular formula is C25H27ClO5S. The summed E-state index contributed by atoms with van der Waals surface area (Å²) in [6, 6.07) is 10.9. The lowest BCUT2D eigenvalue weighted by atomic mass is 10.0. The van der Waals surface area contributed by atoms with E-state index in [2.05, 4.69) is 6.92 Å². The van der Waals surface area contributed by atoms with Crippen LogP contribution in [0.4, 0.5) is 0 Å². The average molecular weight is 475 g/mol. The fourth-order valence-electron chi connectivity index (χ4n) is 3.61. The Balaban J connectivity index is 1.63. The van der Waals surface area contributed by atoms with Crippen LogP contribution in [0.3, 0.4) is 0 Å². The van der Waals surface area contributed by atoms with Crippen molar-refractivity contribution in [3.63, 3.8) is 0 Å². The molecule has 0 saturated carbocycles. The third-order valence-electron chi connectivity index (χ3n) is 5.09. The van der Waals surface area contributed by atoms with Crippen LogP contribution in [0.1, 0.15) is 43.4 Å². The number of rotatable bonds is 11. The molecule has 0 atom stereocenters. The van der Waals surface area contributed by atoms with Crippen LogP contribution >= 0.6 is 23.4 Å². The predicted molar refractivity (Wildman–Crippen MR) is 129 cm³/mol. The number of benzene rings is 2. The lowest BCUT2D eigenvalue weighted by molar-refractivity contribution is -0.136. The van der Waals surface area contributed by atoms with Gasteiger partial charge in [-0.25, -0.2) is 4.79 Å². The molecule has 0 bridgehead atoms. The van der Waals surface area contributed by atoms with Crippen molar-refractivity contribution in [1.82, 2.24) is 0 Å². The number of aryl methyl sites for hydroxylation is 2. The monoisotopic (exact) mass is 474 g/mol. The summed E-state index contributed by atoms with van der Waals surface area (Å²) in [6.45, 7) is 4.65. The minimum atomic E-state index is -0.875. The Labute approximate surface area is 196 Å². The molecule has 1 aromatic heterocycles. The molecule has 0 saturated heterocycles. The van der Waals surface area contributed by atoms with Crippen molar-refractivity contribution < 1.29 is 19.1 Å². The van der Waals surface area contributed by atoms with E-state index in [1.807, 2.05) is 25.1 Å². The first-order valence-corrected chi connectivity index (χ1v) is 12.1. The van der Waals surface area contributed by atoms with E-state index in [9.17, 15) is 9.59 Å². The minimum absolute atomic E-state index is 0.0375. The van der Waals surface area contributed by atoms with Gasteiger partial charge in [-0.3, -0.25) is 4.79 Å². The molecule has 3 rings (SSSR count). The molecule has 0 fully saturated rings. The summed E-state index contributed by atoms with van der Waals surface area (Å²) in [7, 11) is 0. The summed E-state index contributed by atoms with van der Waals surface area (Å²) in [5.74, 6) is 0.695. The highest BCUT2D eigenvalue weighted by Crippen LogP contribution is 2.32. The highest BCUT2D eigenvalue weighted by atomic mass is 35.5. The van der Waals surface area contributed by atoms with Crippen LogP contribution in [0.15, 0.2) is 50.5 Å². The molecule has 5 nitrogen and oxygen atoms in total. The van der Waals surface area contributed by atoms with E-state index in [-0.39, 0.29) is 12.0 Å². The van der Waals surface area contributed by atoms with Crippen LogP contribution in [-0.2, 0) is 24.1 Å². The van der Waals surface area contributed by atoms with Crippen LogP contribution in [0.25, 0.3) is 11.0 Å². The fourth-order valence-corrected chi connectivity index (χ4v) is 4.82. The highest BCUT2D eigenvalue weighted by Gasteiger charge is 2.14. The molecule has 0 aliphatic rings. The van der Waals surface area contributed by atoms with Crippen LogP contribution < -0.4 is 10.4 Å². The van der Waals surface area contributed by atoms with Gasteiger partial charge in [0.1, 0.15) is 11.3 Å². The van der Waals surface area contributed by atoms with Crippen molar-refractivity contribution in [3.05, 3.63) is 68.5 Å². The number of hydrogen-bond donors (Lipinski definition) is 1. The maximum absolute atomic E-state index is 12.0. The van der Waals surface area contributed by atoms with E-state index in [1.54, 1.807) is 30.0 Å². The maximum atomic E-state index is 12.0. The third-order valence-corrected chi connectivity index (χ3v) is 6.68. The number of ether oxygens (including phenoxy) is 1. The van der Waals surface area contributed by atoms with Crippen molar-refractivity contribution in [3.8, 4) is 5.75 Å². The largest absolute Gasteiger partial charge is 0.493 e. The Morgan fingerprint density at radius 3 is 2.69 bits per heavy atom. The SMILES string of the molecule is CCCc1c(OCCCSc2ccc(CC(=O)O)cc2Cl)ccc2c(CC)cc(=O)oc12. The molecule has 0 spiro atoms. The number of carbonyl (C=O) groups is 1. The lowest BCUT2D eigenvalue weighted by Gasteiger charge is -2.14. The van der Waals surface area contributed by atoms with E-state index in [1.165, 1.54) is 0 Å². The Kier molecular flexibility index (Phi) is 8.65. The predicted octanol–water partition coefficient (Wildman–Crippen LogP) is 6.15. The quantitative estimate of drug-likeness (QED) is 0.204. The van der Waals surface area contributed by atoms with Crippen LogP contribution in [-0.4, -0.2) is 23.4 Å². The van der Waals surface area contributed by atoms with E-state index in [0.717, 1.165) is 58.6 Å². The highest BCUT2D eigenvalue weighted by molar-refractivity contribution is 7.99. The molecule has 0 radical (unpaired) electrons. The zero-order valence-corrected chi connectivity index (χ0v) is 19.9. The van der Waals surface area contributed by atoms with Gasteiger partial charge >= 0.3 is 11.6 Å². The first-order chi connectivity index (χ1) is 15.4. The van der Waals surface area contributed by atoms with Gasteiger partial charge in [0.15, 0.2) is 0 Å². The first-order valence-electron chi connectivity index (χ1n) is 10.8. The van der Waals surface area contributed by atoms with Crippen molar-refractivity contribution >= 4 is 40.3 Å². The maximum Gasteiger partial charge on any atom is 0.336 e. The topological polar surface area (TPSA) is 76.7 Å². The minimum Gasteiger partial charge on any atom is -0.493 e. The number of hydrogen-bond acceptors (Lipinski definition) is 5. The molecule has 1 heterocycles. The van der Waals surface area contributed by atoms with Gasteiger partial charge in [-0.1, -0.05) is 37.9 Å². The van der Waals surface area contributed by atoms with Gasteiger partial charge in [0, 0.05) is 27.7 Å². The van der Waals surface area contributed by atoms with Gasteiger partial charge in [-0.2, -0.15) is 0 Å². The van der Waals surface area contributed by atoms with Crippen LogP contribution in [0.5, 0.6) is 5.75 Å². The molecule has 1 N–H and O–H groups in total. The number of carboxylic acids is 1. The van der Waals surface area contributed by atoms with Crippen LogP contribution in [0, 0.1) is 0 Å². The van der Waals surface area contributed by atoms with Gasteiger partial charge in [0.05, 0.1) is 18.1 Å². The summed E-state index contributed by atoms with van der Waals surface area (Å²) < 4.78 is 11.6. The molecule has 0 amide bonds. The fraction of sp³-hybridized carbons (Fsp3) is 0.360. The number of carboxylic acid groups (broad SMARTS) is 1. The second-order valence-corrected chi connectivity index (χ2v) is 9.04. The van der Waals surface area contributed by atoms with Crippen molar-refractivity contribution in [2.45, 2.75) is 50.8 Å². The number of halogens is 1. The van der Waals surface area contributed by atoms with E-state index < -0.39 is 5.97 Å². The normalized spacial score (nSPS) is 11.1. The van der Waals surface area contributed by atoms with Crippen molar-refractivity contribution in [1.29, 1.82) is 0 Å². The zero-order chi connectivity index (χ0) is 23.1. The van der Waals surface area contributed by atoms with E-state index >= 15 is 0 Å². The zero-order valence-electron chi connectivity index (χ0n) is 18.3. The van der Waals surface area contributed by atoms with Crippen molar-refractivity contribution in [2.75, 3.05) is 12.4 Å². The molecule has 7 heteroatoms. The Morgan fingerprint density at radius 1 is 1.19 bits per heavy atom. The smallest absolute Gasteiger partial charge is 0.336 e. The number of aliphatic carboxylic acids is 1. The molecule has 0 aliphatic carbocycles. The van der Waals surface area contributed by atoms with E-state index in [4.69, 9.17) is 25.9 Å². The van der Waals surface area contributed by atoms with Crippen molar-refractivity contribution in [2.24, 2.45) is 0 Å². The summed E-state index contributed by atoms with van der Waals surface area (Å²) in [5, 5.41) is 10.4. The standard InChI is InChI=1S/C25H27ClO5S/c1-3-6-19-21(9-8-18-17(4-2)15-24(29)31-25(18)19)30-11-5-12-32-22-10-7-16(13-20(22)26)14-23(27)28/h7-10,13,15H,3-6,11-12,14H2,1-2H3,(H,27,28). The molecule has 3 aromatic rings. The molecule has 32 heavy (non-hydrogen) atoms. The second-order valence-electron chi connectivity index (χ2n) is 7.50. The molecule has 170 valence electrons. The second kappa shape index (κ2) is 11.4. The summed E-state index contributed by atoms with van der Waals surface area (Å²) in [5.41, 5.74) is 2.93. The van der Waals surface area contributed by atoms with Crippen LogP contribution in [0.2, 0.25) is 5.02 Å². The molecular weight excluding hydrogens is 448 g/mol. The first kappa shape index (κ1) is 24.2. The number of fused-ring (bicyclic) bond motifs is 1. The summed E-state index contributed by atoms with van der Waals surface area (Å²) in [6.07, 6.45) is 3.23. The van der Waals surface area contributed by atoms with Gasteiger partial charge in [-0.15, -0.1) is 11.8 Å². The van der Waals surface area contributed by atoms with Gasteiger partial charge in [0.2, 0.25) is 0 Å².